The first kappa shape index (κ1) is 19.8. The summed E-state index contributed by atoms with van der Waals surface area (Å²) < 4.78 is 12.3. The fourth-order valence-corrected chi connectivity index (χ4v) is 4.49. The van der Waals surface area contributed by atoms with Crippen molar-refractivity contribution in [3.8, 4) is 11.5 Å². The van der Waals surface area contributed by atoms with Crippen molar-refractivity contribution in [1.29, 1.82) is 0 Å². The van der Waals surface area contributed by atoms with Crippen molar-refractivity contribution in [1.82, 2.24) is 5.32 Å². The van der Waals surface area contributed by atoms with E-state index in [1.165, 1.54) is 24.0 Å². The Kier molecular flexibility index (Phi) is 5.28. The maximum absolute atomic E-state index is 13.0. The first-order chi connectivity index (χ1) is 13.8. The van der Waals surface area contributed by atoms with Gasteiger partial charge in [-0.2, -0.15) is 0 Å². The maximum atomic E-state index is 13.0. The highest BCUT2D eigenvalue weighted by Gasteiger charge is 2.35. The molecule has 0 saturated carbocycles. The van der Waals surface area contributed by atoms with E-state index in [0.29, 0.717) is 0 Å². The second kappa shape index (κ2) is 7.74. The summed E-state index contributed by atoms with van der Waals surface area (Å²) in [5, 5.41) is 3.21. The van der Waals surface area contributed by atoms with Crippen LogP contribution in [-0.2, 0) is 17.6 Å². The normalized spacial score (nSPS) is 20.6. The van der Waals surface area contributed by atoms with Crippen molar-refractivity contribution < 1.29 is 14.3 Å². The van der Waals surface area contributed by atoms with Gasteiger partial charge in [0.2, 0.25) is 0 Å². The number of carbonyl (C=O) groups is 1. The van der Waals surface area contributed by atoms with E-state index in [1.54, 1.807) is 0 Å². The fraction of sp³-hybridized carbons (Fsp3) is 0.480. The number of aryl methyl sites for hydroxylation is 2. The van der Waals surface area contributed by atoms with Gasteiger partial charge in [-0.3, -0.25) is 4.79 Å². The lowest BCUT2D eigenvalue weighted by Crippen LogP contribution is -2.44. The molecular weight excluding hydrogens is 362 g/mol. The van der Waals surface area contributed by atoms with Crippen molar-refractivity contribution in [3.05, 3.63) is 58.7 Å². The van der Waals surface area contributed by atoms with Gasteiger partial charge in [0, 0.05) is 12.0 Å². The highest BCUT2D eigenvalue weighted by Crippen LogP contribution is 2.40. The molecule has 2 atom stereocenters. The van der Waals surface area contributed by atoms with Crippen LogP contribution in [0.2, 0.25) is 0 Å². The summed E-state index contributed by atoms with van der Waals surface area (Å²) in [7, 11) is 0. The molecule has 2 aromatic rings. The second-order valence-electron chi connectivity index (χ2n) is 9.03. The molecular formula is C25H31NO3. The van der Waals surface area contributed by atoms with Crippen molar-refractivity contribution in [2.75, 3.05) is 0 Å². The van der Waals surface area contributed by atoms with Crippen LogP contribution in [-0.4, -0.2) is 17.6 Å². The molecule has 0 radical (unpaired) electrons. The molecule has 2 aliphatic rings. The van der Waals surface area contributed by atoms with E-state index in [2.05, 4.69) is 38.2 Å². The monoisotopic (exact) mass is 393 g/mol. The molecule has 0 aromatic heterocycles. The quantitative estimate of drug-likeness (QED) is 0.790. The molecule has 1 heterocycles. The molecule has 4 rings (SSSR count). The zero-order chi connectivity index (χ0) is 20.6. The summed E-state index contributed by atoms with van der Waals surface area (Å²) in [5.41, 5.74) is 4.50. The third-order valence-corrected chi connectivity index (χ3v) is 5.97. The van der Waals surface area contributed by atoms with Gasteiger partial charge < -0.3 is 14.8 Å². The molecule has 4 heteroatoms. The van der Waals surface area contributed by atoms with E-state index in [-0.39, 0.29) is 17.6 Å². The summed E-state index contributed by atoms with van der Waals surface area (Å²) in [6.45, 7) is 8.01. The Morgan fingerprint density at radius 1 is 1.21 bits per heavy atom. The van der Waals surface area contributed by atoms with Gasteiger partial charge >= 0.3 is 0 Å². The lowest BCUT2D eigenvalue weighted by molar-refractivity contribution is -0.128. The zero-order valence-corrected chi connectivity index (χ0v) is 17.9. The third-order valence-electron chi connectivity index (χ3n) is 5.97. The average molecular weight is 394 g/mol. The molecule has 2 aromatic carbocycles. The topological polar surface area (TPSA) is 47.6 Å². The summed E-state index contributed by atoms with van der Waals surface area (Å²) in [6, 6.07) is 12.3. The maximum Gasteiger partial charge on any atom is 0.261 e. The van der Waals surface area contributed by atoms with E-state index in [9.17, 15) is 4.79 Å². The van der Waals surface area contributed by atoms with Gasteiger partial charge in [0.15, 0.2) is 6.10 Å². The Labute approximate surface area is 173 Å². The molecule has 0 unspecified atom stereocenters. The molecule has 0 fully saturated rings. The Bertz CT molecular complexity index is 918. The minimum absolute atomic E-state index is 0.0862. The number of hydrogen-bond donors (Lipinski definition) is 1. The number of ether oxygens (including phenoxy) is 2. The molecule has 1 aliphatic heterocycles. The molecule has 4 nitrogen and oxygen atoms in total. The van der Waals surface area contributed by atoms with Gasteiger partial charge in [0.1, 0.15) is 17.1 Å². The van der Waals surface area contributed by atoms with Gasteiger partial charge in [-0.25, -0.2) is 0 Å². The van der Waals surface area contributed by atoms with Gasteiger partial charge in [-0.15, -0.1) is 0 Å². The van der Waals surface area contributed by atoms with Gasteiger partial charge in [-0.05, 0) is 76.6 Å². The molecule has 1 aliphatic carbocycles. The smallest absolute Gasteiger partial charge is 0.261 e. The van der Waals surface area contributed by atoms with Crippen molar-refractivity contribution in [3.63, 3.8) is 0 Å². The van der Waals surface area contributed by atoms with Crippen molar-refractivity contribution >= 4 is 5.91 Å². The highest BCUT2D eigenvalue weighted by molar-refractivity contribution is 5.81. The van der Waals surface area contributed by atoms with Crippen LogP contribution >= 0.6 is 0 Å². The van der Waals surface area contributed by atoms with E-state index >= 15 is 0 Å². The Hall–Kier alpha value is -2.49. The Balaban J connectivity index is 1.50. The van der Waals surface area contributed by atoms with Crippen molar-refractivity contribution in [2.24, 2.45) is 0 Å². The number of rotatable bonds is 4. The lowest BCUT2D eigenvalue weighted by atomic mass is 9.89. The Morgan fingerprint density at radius 3 is 2.83 bits per heavy atom. The highest BCUT2D eigenvalue weighted by atomic mass is 16.5. The first-order valence-corrected chi connectivity index (χ1v) is 10.7. The molecule has 0 saturated heterocycles. The van der Waals surface area contributed by atoms with E-state index < -0.39 is 6.10 Å². The standard InChI is InChI=1S/C25H31NO3/c1-16-12-13-23-20(14-16)21(15-25(3,4)29-23)26-24(27)17(2)28-22-11-7-9-18-8-5-6-10-19(18)22/h7,9,11-14,17,21H,5-6,8,10,15H2,1-4H3,(H,26,27)/t17-,21-/m1/s1. The number of benzene rings is 2. The van der Waals surface area contributed by atoms with Gasteiger partial charge in [-0.1, -0.05) is 29.8 Å². The summed E-state index contributed by atoms with van der Waals surface area (Å²) >= 11 is 0. The van der Waals surface area contributed by atoms with Crippen LogP contribution < -0.4 is 14.8 Å². The molecule has 154 valence electrons. The van der Waals surface area contributed by atoms with Crippen molar-refractivity contribution in [2.45, 2.75) is 77.5 Å². The van der Waals surface area contributed by atoms with Crippen LogP contribution in [0.15, 0.2) is 36.4 Å². The Morgan fingerprint density at radius 2 is 2.00 bits per heavy atom. The first-order valence-electron chi connectivity index (χ1n) is 10.7. The molecule has 1 N–H and O–H groups in total. The molecule has 1 amide bonds. The summed E-state index contributed by atoms with van der Waals surface area (Å²) in [4.78, 5) is 13.0. The van der Waals surface area contributed by atoms with Crippen LogP contribution in [0.4, 0.5) is 0 Å². The average Bonchev–Trinajstić information content (AvgIpc) is 2.68. The minimum Gasteiger partial charge on any atom is -0.487 e. The zero-order valence-electron chi connectivity index (χ0n) is 17.9. The van der Waals surface area contributed by atoms with E-state index in [1.807, 2.05) is 31.2 Å². The second-order valence-corrected chi connectivity index (χ2v) is 9.03. The van der Waals surface area contributed by atoms with Gasteiger partial charge in [0.25, 0.3) is 5.91 Å². The molecule has 0 bridgehead atoms. The largest absolute Gasteiger partial charge is 0.487 e. The SMILES string of the molecule is Cc1ccc2c(c1)[C@H](NC(=O)[C@@H](C)Oc1cccc3c1CCCC3)CC(C)(C)O2. The predicted octanol–water partition coefficient (Wildman–Crippen LogP) is 5.06. The van der Waals surface area contributed by atoms with Crippen LogP contribution in [0, 0.1) is 6.92 Å². The summed E-state index contributed by atoms with van der Waals surface area (Å²) in [6.07, 6.45) is 4.71. The number of amides is 1. The predicted molar refractivity (Wildman–Crippen MR) is 115 cm³/mol. The van der Waals surface area contributed by atoms with Crippen LogP contribution in [0.5, 0.6) is 11.5 Å². The van der Waals surface area contributed by atoms with Crippen LogP contribution in [0.3, 0.4) is 0 Å². The molecule has 29 heavy (non-hydrogen) atoms. The number of hydrogen-bond acceptors (Lipinski definition) is 3. The number of carbonyl (C=O) groups excluding carboxylic acids is 1. The summed E-state index contributed by atoms with van der Waals surface area (Å²) in [5.74, 6) is 1.62. The van der Waals surface area contributed by atoms with Gasteiger partial charge in [0.05, 0.1) is 6.04 Å². The fourth-order valence-electron chi connectivity index (χ4n) is 4.49. The molecule has 0 spiro atoms. The lowest BCUT2D eigenvalue weighted by Gasteiger charge is -2.38. The van der Waals surface area contributed by atoms with Crippen LogP contribution in [0.25, 0.3) is 0 Å². The number of fused-ring (bicyclic) bond motifs is 2. The number of nitrogens with one attached hydrogen (secondary N) is 1. The minimum atomic E-state index is -0.553. The van der Waals surface area contributed by atoms with Crippen LogP contribution in [0.1, 0.15) is 68.3 Å². The van der Waals surface area contributed by atoms with E-state index in [4.69, 9.17) is 9.47 Å². The van der Waals surface area contributed by atoms with E-state index in [0.717, 1.165) is 41.9 Å². The third kappa shape index (κ3) is 4.26.